The third kappa shape index (κ3) is 2.48. The highest BCUT2D eigenvalue weighted by atomic mass is 35.5. The van der Waals surface area contributed by atoms with Crippen LogP contribution in [0.3, 0.4) is 0 Å². The Balaban J connectivity index is 2.40. The second kappa shape index (κ2) is 4.86. The lowest BCUT2D eigenvalue weighted by atomic mass is 9.98. The van der Waals surface area contributed by atoms with Gasteiger partial charge in [-0.2, -0.15) is 0 Å². The molecule has 2 rings (SSSR count). The zero-order valence-corrected chi connectivity index (χ0v) is 10.7. The van der Waals surface area contributed by atoms with Crippen molar-refractivity contribution in [3.8, 4) is 0 Å². The van der Waals surface area contributed by atoms with Crippen molar-refractivity contribution in [3.05, 3.63) is 63.9 Å². The largest absolute Gasteiger partial charge is 0.320 e. The van der Waals surface area contributed by atoms with Gasteiger partial charge in [-0.1, -0.05) is 29.8 Å². The van der Waals surface area contributed by atoms with Gasteiger partial charge in [-0.25, -0.2) is 0 Å². The summed E-state index contributed by atoms with van der Waals surface area (Å²) in [5.41, 5.74) is 10.3. The predicted molar refractivity (Wildman–Crippen MR) is 71.2 cm³/mol. The minimum Gasteiger partial charge on any atom is -0.320 e. The zero-order chi connectivity index (χ0) is 12.4. The lowest BCUT2D eigenvalue weighted by Crippen LogP contribution is -2.13. The average Bonchev–Trinajstić information content (AvgIpc) is 2.32. The van der Waals surface area contributed by atoms with Gasteiger partial charge in [-0.15, -0.1) is 0 Å². The molecule has 17 heavy (non-hydrogen) atoms. The van der Waals surface area contributed by atoms with E-state index >= 15 is 0 Å². The summed E-state index contributed by atoms with van der Waals surface area (Å²) in [5, 5.41) is 0.750. The van der Waals surface area contributed by atoms with Crippen molar-refractivity contribution in [2.24, 2.45) is 5.73 Å². The van der Waals surface area contributed by atoms with Gasteiger partial charge in [-0.3, -0.25) is 4.98 Å². The van der Waals surface area contributed by atoms with Gasteiger partial charge in [0.25, 0.3) is 0 Å². The molecule has 2 nitrogen and oxygen atoms in total. The summed E-state index contributed by atoms with van der Waals surface area (Å²) in [6, 6.07) is 9.65. The average molecular weight is 247 g/mol. The summed E-state index contributed by atoms with van der Waals surface area (Å²) in [7, 11) is 0. The van der Waals surface area contributed by atoms with E-state index in [1.165, 1.54) is 0 Å². The number of hydrogen-bond acceptors (Lipinski definition) is 2. The van der Waals surface area contributed by atoms with Crippen molar-refractivity contribution in [2.75, 3.05) is 0 Å². The van der Waals surface area contributed by atoms with E-state index in [0.29, 0.717) is 0 Å². The van der Waals surface area contributed by atoms with E-state index in [9.17, 15) is 0 Å². The predicted octanol–water partition coefficient (Wildman–Crippen LogP) is 3.40. The normalized spacial score (nSPS) is 12.5. The Bertz CT molecular complexity index is 537. The number of hydrogen-bond donors (Lipinski definition) is 1. The van der Waals surface area contributed by atoms with E-state index in [0.717, 1.165) is 27.4 Å². The molecule has 0 radical (unpaired) electrons. The Morgan fingerprint density at radius 3 is 2.65 bits per heavy atom. The molecule has 0 saturated heterocycles. The first kappa shape index (κ1) is 12.1. The van der Waals surface area contributed by atoms with Gasteiger partial charge in [0, 0.05) is 16.9 Å². The summed E-state index contributed by atoms with van der Waals surface area (Å²) >= 11 is 6.11. The standard InChI is InChI=1S/C14H15ClN2/c1-9-5-6-11(8-13(9)15)14(16)12-4-3-7-17-10(12)2/h3-8,14H,16H2,1-2H3. The molecule has 1 unspecified atom stereocenters. The molecule has 1 aromatic carbocycles. The summed E-state index contributed by atoms with van der Waals surface area (Å²) in [6.45, 7) is 3.94. The van der Waals surface area contributed by atoms with Gasteiger partial charge in [0.1, 0.15) is 0 Å². The Labute approximate surface area is 106 Å². The van der Waals surface area contributed by atoms with Gasteiger partial charge >= 0.3 is 0 Å². The minimum atomic E-state index is -0.179. The Morgan fingerprint density at radius 1 is 1.24 bits per heavy atom. The summed E-state index contributed by atoms with van der Waals surface area (Å²) in [4.78, 5) is 4.25. The van der Waals surface area contributed by atoms with Crippen LogP contribution in [0.2, 0.25) is 5.02 Å². The molecule has 1 aromatic heterocycles. The van der Waals surface area contributed by atoms with Crippen molar-refractivity contribution in [1.29, 1.82) is 0 Å². The molecule has 0 amide bonds. The fourth-order valence-electron chi connectivity index (χ4n) is 1.81. The highest BCUT2D eigenvalue weighted by Crippen LogP contribution is 2.25. The maximum absolute atomic E-state index is 6.24. The first-order valence-electron chi connectivity index (χ1n) is 5.52. The molecule has 0 aliphatic heterocycles. The number of benzene rings is 1. The maximum atomic E-state index is 6.24. The molecule has 0 fully saturated rings. The van der Waals surface area contributed by atoms with Gasteiger partial charge in [-0.05, 0) is 42.7 Å². The van der Waals surface area contributed by atoms with Crippen molar-refractivity contribution in [1.82, 2.24) is 4.98 Å². The molecule has 0 aliphatic rings. The molecule has 1 atom stereocenters. The van der Waals surface area contributed by atoms with Crippen LogP contribution in [-0.4, -0.2) is 4.98 Å². The quantitative estimate of drug-likeness (QED) is 0.882. The fourth-order valence-corrected chi connectivity index (χ4v) is 2.00. The third-order valence-corrected chi connectivity index (χ3v) is 3.35. The van der Waals surface area contributed by atoms with E-state index in [1.807, 2.05) is 44.2 Å². The van der Waals surface area contributed by atoms with Crippen molar-refractivity contribution < 1.29 is 0 Å². The number of aryl methyl sites for hydroxylation is 2. The number of rotatable bonds is 2. The molecule has 0 aliphatic carbocycles. The molecule has 0 bridgehead atoms. The van der Waals surface area contributed by atoms with Crippen LogP contribution in [0.25, 0.3) is 0 Å². The molecule has 3 heteroatoms. The van der Waals surface area contributed by atoms with Crippen LogP contribution in [0.5, 0.6) is 0 Å². The van der Waals surface area contributed by atoms with Crippen LogP contribution in [0.4, 0.5) is 0 Å². The Morgan fingerprint density at radius 2 is 2.00 bits per heavy atom. The maximum Gasteiger partial charge on any atom is 0.0570 e. The third-order valence-electron chi connectivity index (χ3n) is 2.94. The van der Waals surface area contributed by atoms with Gasteiger partial charge in [0.05, 0.1) is 6.04 Å². The van der Waals surface area contributed by atoms with Gasteiger partial charge in [0.15, 0.2) is 0 Å². The molecule has 0 spiro atoms. The first-order valence-corrected chi connectivity index (χ1v) is 5.90. The van der Waals surface area contributed by atoms with E-state index in [1.54, 1.807) is 6.20 Å². The highest BCUT2D eigenvalue weighted by molar-refractivity contribution is 6.31. The summed E-state index contributed by atoms with van der Waals surface area (Å²) in [5.74, 6) is 0. The van der Waals surface area contributed by atoms with Crippen LogP contribution < -0.4 is 5.73 Å². The highest BCUT2D eigenvalue weighted by Gasteiger charge is 2.12. The fraction of sp³-hybridized carbons (Fsp3) is 0.214. The smallest absolute Gasteiger partial charge is 0.0570 e. The van der Waals surface area contributed by atoms with Crippen molar-refractivity contribution in [2.45, 2.75) is 19.9 Å². The molecular weight excluding hydrogens is 232 g/mol. The number of halogens is 1. The van der Waals surface area contributed by atoms with E-state index < -0.39 is 0 Å². The van der Waals surface area contributed by atoms with Crippen LogP contribution in [0.1, 0.15) is 28.4 Å². The van der Waals surface area contributed by atoms with Crippen LogP contribution >= 0.6 is 11.6 Å². The zero-order valence-electron chi connectivity index (χ0n) is 9.94. The second-order valence-electron chi connectivity index (χ2n) is 4.16. The van der Waals surface area contributed by atoms with Crippen LogP contribution in [0.15, 0.2) is 36.5 Å². The molecule has 0 saturated carbocycles. The summed E-state index contributed by atoms with van der Waals surface area (Å²) < 4.78 is 0. The minimum absolute atomic E-state index is 0.179. The first-order chi connectivity index (χ1) is 8.09. The molecule has 2 aromatic rings. The van der Waals surface area contributed by atoms with Crippen LogP contribution in [0, 0.1) is 13.8 Å². The van der Waals surface area contributed by atoms with E-state index in [4.69, 9.17) is 17.3 Å². The van der Waals surface area contributed by atoms with Crippen LogP contribution in [-0.2, 0) is 0 Å². The lowest BCUT2D eigenvalue weighted by Gasteiger charge is -2.15. The molecule has 1 heterocycles. The number of aromatic nitrogens is 1. The van der Waals surface area contributed by atoms with Gasteiger partial charge in [0.2, 0.25) is 0 Å². The molecule has 2 N–H and O–H groups in total. The molecular formula is C14H15ClN2. The second-order valence-corrected chi connectivity index (χ2v) is 4.57. The van der Waals surface area contributed by atoms with E-state index in [-0.39, 0.29) is 6.04 Å². The number of pyridine rings is 1. The van der Waals surface area contributed by atoms with Crippen molar-refractivity contribution in [3.63, 3.8) is 0 Å². The number of nitrogens with two attached hydrogens (primary N) is 1. The van der Waals surface area contributed by atoms with Gasteiger partial charge < -0.3 is 5.73 Å². The monoisotopic (exact) mass is 246 g/mol. The SMILES string of the molecule is Cc1ccc(C(N)c2cccnc2C)cc1Cl. The Hall–Kier alpha value is -1.38. The lowest BCUT2D eigenvalue weighted by molar-refractivity contribution is 0.847. The van der Waals surface area contributed by atoms with Crippen molar-refractivity contribution >= 4 is 11.6 Å². The Kier molecular flexibility index (Phi) is 3.46. The van der Waals surface area contributed by atoms with E-state index in [2.05, 4.69) is 4.98 Å². The number of nitrogens with zero attached hydrogens (tertiary/aromatic N) is 1. The topological polar surface area (TPSA) is 38.9 Å². The molecule has 88 valence electrons. The summed E-state index contributed by atoms with van der Waals surface area (Å²) in [6.07, 6.45) is 1.77.